The maximum atomic E-state index is 11.7. The molecule has 4 aromatic rings. The first-order valence-electron chi connectivity index (χ1n) is 12.2. The maximum absolute atomic E-state index is 11.7. The minimum absolute atomic E-state index is 0.163. The zero-order chi connectivity index (χ0) is 28.3. The predicted octanol–water partition coefficient (Wildman–Crippen LogP) is 6.70. The number of anilines is 1. The topological polar surface area (TPSA) is 136 Å². The highest BCUT2D eigenvalue weighted by Crippen LogP contribution is 2.27. The van der Waals surface area contributed by atoms with E-state index in [-0.39, 0.29) is 23.4 Å². The van der Waals surface area contributed by atoms with Crippen LogP contribution in [0.15, 0.2) is 83.3 Å². The van der Waals surface area contributed by atoms with Crippen LogP contribution in [0.2, 0.25) is 5.02 Å². The van der Waals surface area contributed by atoms with E-state index in [1.807, 2.05) is 41.8 Å². The van der Waals surface area contributed by atoms with E-state index in [0.29, 0.717) is 29.1 Å². The number of benzene rings is 3. The van der Waals surface area contributed by atoms with Crippen LogP contribution < -0.4 is 14.9 Å². The van der Waals surface area contributed by atoms with Crippen molar-refractivity contribution >= 4 is 45.4 Å². The number of carboxylic acids is 1. The molecule has 0 fully saturated rings. The number of para-hydroxylation sites is 1. The van der Waals surface area contributed by atoms with Crippen molar-refractivity contribution in [3.63, 3.8) is 0 Å². The fourth-order valence-electron chi connectivity index (χ4n) is 3.59. The number of aliphatic carboxylic acids is 1. The molecule has 206 valence electrons. The SMILES string of the molecule is O=C(O)C(Cc1ccccc1[N+](=O)[O-])=NNc1nc(-c2ccc(OCCCCOc3ccc(Cl)cc3)cc2)cs1. The normalized spacial score (nSPS) is 11.2. The van der Waals surface area contributed by atoms with E-state index in [2.05, 4.69) is 15.5 Å². The van der Waals surface area contributed by atoms with Gasteiger partial charge in [-0.15, -0.1) is 11.3 Å². The summed E-state index contributed by atoms with van der Waals surface area (Å²) in [5, 5.41) is 27.6. The number of aromatic nitrogens is 1. The second-order valence-electron chi connectivity index (χ2n) is 8.46. The molecule has 1 heterocycles. The molecule has 40 heavy (non-hydrogen) atoms. The first kappa shape index (κ1) is 28.5. The van der Waals surface area contributed by atoms with Gasteiger partial charge in [0.25, 0.3) is 5.69 Å². The van der Waals surface area contributed by atoms with Crippen molar-refractivity contribution in [1.82, 2.24) is 4.98 Å². The number of hydrogen-bond acceptors (Lipinski definition) is 9. The van der Waals surface area contributed by atoms with Crippen molar-refractivity contribution in [2.45, 2.75) is 19.3 Å². The first-order valence-corrected chi connectivity index (χ1v) is 13.5. The summed E-state index contributed by atoms with van der Waals surface area (Å²) in [5.74, 6) is 0.239. The number of thiazole rings is 1. The van der Waals surface area contributed by atoms with Gasteiger partial charge in [0.15, 0.2) is 0 Å². The van der Waals surface area contributed by atoms with Crippen LogP contribution in [0.4, 0.5) is 10.8 Å². The third-order valence-electron chi connectivity index (χ3n) is 5.62. The van der Waals surface area contributed by atoms with Gasteiger partial charge in [0.1, 0.15) is 17.2 Å². The number of hydrazone groups is 1. The van der Waals surface area contributed by atoms with E-state index >= 15 is 0 Å². The maximum Gasteiger partial charge on any atom is 0.352 e. The third-order valence-corrected chi connectivity index (χ3v) is 6.62. The molecule has 0 saturated heterocycles. The Kier molecular flexibility index (Phi) is 10.0. The van der Waals surface area contributed by atoms with Crippen LogP contribution in [0.3, 0.4) is 0 Å². The van der Waals surface area contributed by atoms with Crippen molar-refractivity contribution in [1.29, 1.82) is 0 Å². The summed E-state index contributed by atoms with van der Waals surface area (Å²) in [5.41, 5.74) is 4.02. The Labute approximate surface area is 239 Å². The molecule has 0 atom stereocenters. The minimum atomic E-state index is -1.29. The molecule has 0 saturated carbocycles. The van der Waals surface area contributed by atoms with Crippen molar-refractivity contribution in [2.24, 2.45) is 5.10 Å². The molecular formula is C28H25ClN4O6S. The summed E-state index contributed by atoms with van der Waals surface area (Å²) in [7, 11) is 0. The molecule has 0 aliphatic carbocycles. The molecule has 12 heteroatoms. The molecule has 0 aliphatic heterocycles. The number of nitrogens with zero attached hydrogens (tertiary/aromatic N) is 3. The van der Waals surface area contributed by atoms with Gasteiger partial charge >= 0.3 is 5.97 Å². The lowest BCUT2D eigenvalue weighted by Gasteiger charge is -2.08. The zero-order valence-corrected chi connectivity index (χ0v) is 22.7. The Balaban J connectivity index is 1.26. The number of nitro groups is 1. The number of nitrogens with one attached hydrogen (secondary N) is 1. The highest BCUT2D eigenvalue weighted by atomic mass is 35.5. The standard InChI is InChI=1S/C28H25ClN4O6S/c29-21-9-13-23(14-10-21)39-16-4-3-15-38-22-11-7-19(8-12-22)25-18-40-28(30-25)32-31-24(27(34)35)17-20-5-1-2-6-26(20)33(36)37/h1-2,5-14,18H,3-4,15-17H2,(H,30,32)(H,34,35). The summed E-state index contributed by atoms with van der Waals surface area (Å²) in [6.45, 7) is 1.15. The van der Waals surface area contributed by atoms with Crippen LogP contribution in [0.1, 0.15) is 18.4 Å². The number of halogens is 1. The van der Waals surface area contributed by atoms with Gasteiger partial charge in [-0.3, -0.25) is 15.5 Å². The zero-order valence-electron chi connectivity index (χ0n) is 21.2. The molecule has 1 aromatic heterocycles. The van der Waals surface area contributed by atoms with Gasteiger partial charge in [0.2, 0.25) is 5.13 Å². The highest BCUT2D eigenvalue weighted by Gasteiger charge is 2.18. The van der Waals surface area contributed by atoms with Gasteiger partial charge in [-0.25, -0.2) is 9.78 Å². The van der Waals surface area contributed by atoms with Gasteiger partial charge < -0.3 is 14.6 Å². The van der Waals surface area contributed by atoms with E-state index in [1.54, 1.807) is 18.2 Å². The van der Waals surface area contributed by atoms with Crippen LogP contribution in [0.5, 0.6) is 11.5 Å². The van der Waals surface area contributed by atoms with Gasteiger partial charge in [0, 0.05) is 34.0 Å². The van der Waals surface area contributed by atoms with Crippen LogP contribution >= 0.6 is 22.9 Å². The Morgan fingerprint density at radius 2 is 1.62 bits per heavy atom. The quantitative estimate of drug-likeness (QED) is 0.0727. The van der Waals surface area contributed by atoms with Crippen LogP contribution in [0, 0.1) is 10.1 Å². The number of nitro benzene ring substituents is 1. The second kappa shape index (κ2) is 14.1. The smallest absolute Gasteiger partial charge is 0.352 e. The van der Waals surface area contributed by atoms with Crippen molar-refractivity contribution in [2.75, 3.05) is 18.6 Å². The molecule has 0 bridgehead atoms. The number of carbonyl (C=O) groups is 1. The average molecular weight is 581 g/mol. The van der Waals surface area contributed by atoms with E-state index in [0.717, 1.165) is 29.9 Å². The lowest BCUT2D eigenvalue weighted by molar-refractivity contribution is -0.385. The fourth-order valence-corrected chi connectivity index (χ4v) is 4.38. The molecule has 0 amide bonds. The van der Waals surface area contributed by atoms with Gasteiger partial charge in [-0.05, 0) is 61.4 Å². The second-order valence-corrected chi connectivity index (χ2v) is 9.75. The average Bonchev–Trinajstić information content (AvgIpc) is 3.43. The summed E-state index contributed by atoms with van der Waals surface area (Å²) in [4.78, 5) is 26.8. The van der Waals surface area contributed by atoms with Gasteiger partial charge in [-0.1, -0.05) is 29.8 Å². The lowest BCUT2D eigenvalue weighted by atomic mass is 10.1. The summed E-state index contributed by atoms with van der Waals surface area (Å²) >= 11 is 7.13. The number of ether oxygens (including phenoxy) is 2. The van der Waals surface area contributed by atoms with Crippen LogP contribution in [0.25, 0.3) is 11.3 Å². The van der Waals surface area contributed by atoms with Crippen molar-refractivity contribution in [3.8, 4) is 22.8 Å². The molecule has 0 unspecified atom stereocenters. The summed E-state index contributed by atoms with van der Waals surface area (Å²) < 4.78 is 11.5. The van der Waals surface area contributed by atoms with Gasteiger partial charge in [0.05, 0.1) is 23.8 Å². The molecule has 0 aliphatic rings. The Morgan fingerprint density at radius 1 is 1.00 bits per heavy atom. The minimum Gasteiger partial charge on any atom is -0.494 e. The van der Waals surface area contributed by atoms with Crippen LogP contribution in [-0.4, -0.2) is 39.9 Å². The summed E-state index contributed by atoms with van der Waals surface area (Å²) in [6.07, 6.45) is 1.48. The molecule has 10 nitrogen and oxygen atoms in total. The largest absolute Gasteiger partial charge is 0.494 e. The van der Waals surface area contributed by atoms with Gasteiger partial charge in [-0.2, -0.15) is 5.10 Å². The highest BCUT2D eigenvalue weighted by molar-refractivity contribution is 7.14. The number of unbranched alkanes of at least 4 members (excludes halogenated alkanes) is 1. The molecule has 0 spiro atoms. The fraction of sp³-hybridized carbons (Fsp3) is 0.179. The molecule has 0 radical (unpaired) electrons. The van der Waals surface area contributed by atoms with Crippen LogP contribution in [-0.2, 0) is 11.2 Å². The predicted molar refractivity (Wildman–Crippen MR) is 155 cm³/mol. The van der Waals surface area contributed by atoms with E-state index < -0.39 is 10.9 Å². The lowest BCUT2D eigenvalue weighted by Crippen LogP contribution is -2.18. The number of rotatable bonds is 14. The van der Waals surface area contributed by atoms with E-state index in [4.69, 9.17) is 21.1 Å². The Hall–Kier alpha value is -4.48. The molecular weight excluding hydrogens is 556 g/mol. The van der Waals surface area contributed by atoms with E-state index in [9.17, 15) is 20.0 Å². The van der Waals surface area contributed by atoms with Crippen molar-refractivity contribution in [3.05, 3.63) is 98.9 Å². The Bertz CT molecular complexity index is 1470. The molecule has 4 rings (SSSR count). The third kappa shape index (κ3) is 8.26. The van der Waals surface area contributed by atoms with E-state index in [1.165, 1.54) is 29.5 Å². The number of carboxylic acid groups (broad SMARTS) is 1. The Morgan fingerprint density at radius 3 is 2.25 bits per heavy atom. The van der Waals surface area contributed by atoms with Crippen molar-refractivity contribution < 1.29 is 24.3 Å². The monoisotopic (exact) mass is 580 g/mol. The molecule has 2 N–H and O–H groups in total. The first-order chi connectivity index (χ1) is 19.4. The number of hydrogen-bond donors (Lipinski definition) is 2. The molecule has 3 aromatic carbocycles. The summed E-state index contributed by atoms with van der Waals surface area (Å²) in [6, 6.07) is 20.7.